The van der Waals surface area contributed by atoms with Gasteiger partial charge in [0, 0.05) is 16.7 Å². The van der Waals surface area contributed by atoms with Crippen LogP contribution in [0.3, 0.4) is 0 Å². The smallest absolute Gasteiger partial charge is 0.245 e. The molecule has 4 nitrogen and oxygen atoms in total. The minimum atomic E-state index is -3.64. The molecule has 1 saturated carbocycles. The van der Waals surface area contributed by atoms with Gasteiger partial charge < -0.3 is 0 Å². The Morgan fingerprint density at radius 3 is 2.64 bits per heavy atom. The molecule has 0 atom stereocenters. The predicted molar refractivity (Wildman–Crippen MR) is 89.1 cm³/mol. The van der Waals surface area contributed by atoms with Crippen molar-refractivity contribution in [1.82, 2.24) is 9.29 Å². The van der Waals surface area contributed by atoms with Crippen molar-refractivity contribution in [2.24, 2.45) is 0 Å². The van der Waals surface area contributed by atoms with E-state index in [1.165, 1.54) is 10.4 Å². The van der Waals surface area contributed by atoms with Crippen LogP contribution in [-0.2, 0) is 16.6 Å². The number of aromatic nitrogens is 1. The summed E-state index contributed by atoms with van der Waals surface area (Å²) in [6.07, 6.45) is 3.42. The maximum Gasteiger partial charge on any atom is 0.245 e. The van der Waals surface area contributed by atoms with Gasteiger partial charge in [0.2, 0.25) is 10.0 Å². The molecule has 1 aromatic carbocycles. The number of nitrogens with zero attached hydrogens (tertiary/aromatic N) is 2. The van der Waals surface area contributed by atoms with E-state index in [0.717, 1.165) is 23.0 Å². The number of pyridine rings is 1. The van der Waals surface area contributed by atoms with E-state index in [-0.39, 0.29) is 22.5 Å². The van der Waals surface area contributed by atoms with Gasteiger partial charge in [-0.3, -0.25) is 4.98 Å². The summed E-state index contributed by atoms with van der Waals surface area (Å²) in [5.74, 6) is 0. The average molecular weight is 402 g/mol. The molecule has 7 heteroatoms. The highest BCUT2D eigenvalue weighted by atomic mass is 79.9. The Morgan fingerprint density at radius 2 is 2.05 bits per heavy atom. The molecule has 1 heterocycles. The molecule has 3 rings (SSSR count). The second-order valence-corrected chi connectivity index (χ2v) is 8.36. The first-order valence-corrected chi connectivity index (χ1v) is 9.46. The van der Waals surface area contributed by atoms with Crippen LogP contribution in [0.15, 0.2) is 52.0 Å². The van der Waals surface area contributed by atoms with Gasteiger partial charge in [-0.15, -0.1) is 0 Å². The highest BCUT2D eigenvalue weighted by Gasteiger charge is 2.39. The van der Waals surface area contributed by atoms with E-state index in [1.54, 1.807) is 18.3 Å². The Hall–Kier alpha value is -0.950. The van der Waals surface area contributed by atoms with Gasteiger partial charge in [-0.05, 0) is 43.2 Å². The zero-order valence-electron chi connectivity index (χ0n) is 11.6. The van der Waals surface area contributed by atoms with Crippen molar-refractivity contribution >= 4 is 37.6 Å². The summed E-state index contributed by atoms with van der Waals surface area (Å²) in [6.45, 7) is 0.264. The molecular formula is C15H14BrClN2O2S. The molecule has 1 fully saturated rings. The van der Waals surface area contributed by atoms with Gasteiger partial charge >= 0.3 is 0 Å². The maximum atomic E-state index is 12.9. The largest absolute Gasteiger partial charge is 0.260 e. The fraction of sp³-hybridized carbons (Fsp3) is 0.267. The quantitative estimate of drug-likeness (QED) is 0.764. The molecule has 116 valence electrons. The Balaban J connectivity index is 1.96. The van der Waals surface area contributed by atoms with Crippen molar-refractivity contribution in [3.8, 4) is 0 Å². The van der Waals surface area contributed by atoms with Crippen molar-refractivity contribution in [3.63, 3.8) is 0 Å². The van der Waals surface area contributed by atoms with Crippen molar-refractivity contribution in [2.45, 2.75) is 30.3 Å². The van der Waals surface area contributed by atoms with E-state index in [9.17, 15) is 8.42 Å². The van der Waals surface area contributed by atoms with Crippen LogP contribution in [0.5, 0.6) is 0 Å². The molecule has 0 aliphatic heterocycles. The molecule has 0 saturated heterocycles. The average Bonchev–Trinajstić information content (AvgIpc) is 3.29. The molecule has 0 amide bonds. The van der Waals surface area contributed by atoms with Crippen LogP contribution in [0.25, 0.3) is 0 Å². The van der Waals surface area contributed by atoms with E-state index >= 15 is 0 Å². The summed E-state index contributed by atoms with van der Waals surface area (Å²) >= 11 is 9.43. The van der Waals surface area contributed by atoms with E-state index in [0.29, 0.717) is 0 Å². The third-order valence-electron chi connectivity index (χ3n) is 3.48. The molecule has 0 radical (unpaired) electrons. The number of hydrogen-bond donors (Lipinski definition) is 0. The molecule has 1 aliphatic rings. The first-order chi connectivity index (χ1) is 10.5. The number of hydrogen-bond acceptors (Lipinski definition) is 3. The lowest BCUT2D eigenvalue weighted by atomic mass is 10.3. The summed E-state index contributed by atoms with van der Waals surface area (Å²) in [5.41, 5.74) is 0.728. The Labute approximate surface area is 143 Å². The van der Waals surface area contributed by atoms with Gasteiger partial charge in [-0.1, -0.05) is 33.6 Å². The number of benzene rings is 1. The third kappa shape index (κ3) is 3.35. The number of sulfonamides is 1. The molecule has 1 aromatic heterocycles. The second kappa shape index (κ2) is 6.28. The van der Waals surface area contributed by atoms with Crippen LogP contribution in [0.1, 0.15) is 18.5 Å². The SMILES string of the molecule is O=S(=O)(c1ccc(Br)cc1Cl)N(Cc1ccccn1)C1CC1. The van der Waals surface area contributed by atoms with Gasteiger partial charge in [-0.25, -0.2) is 8.42 Å². The van der Waals surface area contributed by atoms with Crippen molar-refractivity contribution in [1.29, 1.82) is 0 Å². The normalized spacial score (nSPS) is 15.2. The first kappa shape index (κ1) is 15.9. The second-order valence-electron chi connectivity index (χ2n) is 5.18. The standard InChI is InChI=1S/C15H14BrClN2O2S/c16-11-4-7-15(14(17)9-11)22(20,21)19(13-5-6-13)10-12-3-1-2-8-18-12/h1-4,7-9,13H,5-6,10H2. The maximum absolute atomic E-state index is 12.9. The molecule has 1 aliphatic carbocycles. The van der Waals surface area contributed by atoms with Gasteiger partial charge in [0.25, 0.3) is 0 Å². The monoisotopic (exact) mass is 400 g/mol. The van der Waals surface area contributed by atoms with Gasteiger partial charge in [0.15, 0.2) is 0 Å². The molecule has 0 spiro atoms. The molecule has 0 bridgehead atoms. The third-order valence-corrected chi connectivity index (χ3v) is 6.35. The summed E-state index contributed by atoms with van der Waals surface area (Å²) in [5, 5.41) is 0.223. The van der Waals surface area contributed by atoms with E-state index in [1.807, 2.05) is 18.2 Å². The molecule has 0 N–H and O–H groups in total. The van der Waals surface area contributed by atoms with Gasteiger partial charge in [0.1, 0.15) is 4.90 Å². The van der Waals surface area contributed by atoms with Crippen LogP contribution in [0.2, 0.25) is 5.02 Å². The number of halogens is 2. The van der Waals surface area contributed by atoms with Crippen molar-refractivity contribution in [2.75, 3.05) is 0 Å². The lowest BCUT2D eigenvalue weighted by Gasteiger charge is -2.22. The van der Waals surface area contributed by atoms with E-state index in [2.05, 4.69) is 20.9 Å². The molecular weight excluding hydrogens is 388 g/mol. The van der Waals surface area contributed by atoms with Crippen LogP contribution in [0.4, 0.5) is 0 Å². The van der Waals surface area contributed by atoms with Gasteiger partial charge in [-0.2, -0.15) is 4.31 Å². The van der Waals surface area contributed by atoms with Crippen molar-refractivity contribution < 1.29 is 8.42 Å². The summed E-state index contributed by atoms with van der Waals surface area (Å²) in [6, 6.07) is 10.3. The van der Waals surface area contributed by atoms with Gasteiger partial charge in [0.05, 0.1) is 17.3 Å². The molecule has 22 heavy (non-hydrogen) atoms. The minimum Gasteiger partial charge on any atom is -0.260 e. The molecule has 0 unspecified atom stereocenters. The van der Waals surface area contributed by atoms with E-state index in [4.69, 9.17) is 11.6 Å². The molecule has 2 aromatic rings. The van der Waals surface area contributed by atoms with Crippen LogP contribution >= 0.6 is 27.5 Å². The predicted octanol–water partition coefficient (Wildman–Crippen LogP) is 3.85. The fourth-order valence-electron chi connectivity index (χ4n) is 2.23. The Bertz CT molecular complexity index is 779. The summed E-state index contributed by atoms with van der Waals surface area (Å²) in [4.78, 5) is 4.36. The lowest BCUT2D eigenvalue weighted by Crippen LogP contribution is -2.33. The van der Waals surface area contributed by atoms with E-state index < -0.39 is 10.0 Å². The first-order valence-electron chi connectivity index (χ1n) is 6.85. The zero-order chi connectivity index (χ0) is 15.7. The summed E-state index contributed by atoms with van der Waals surface area (Å²) in [7, 11) is -3.64. The van der Waals surface area contributed by atoms with Crippen LogP contribution < -0.4 is 0 Å². The summed E-state index contributed by atoms with van der Waals surface area (Å²) < 4.78 is 28.2. The zero-order valence-corrected chi connectivity index (χ0v) is 14.8. The van der Waals surface area contributed by atoms with Crippen LogP contribution in [0, 0.1) is 0 Å². The fourth-order valence-corrected chi connectivity index (χ4v) is 4.90. The Kier molecular flexibility index (Phi) is 4.54. The van der Waals surface area contributed by atoms with Crippen molar-refractivity contribution in [3.05, 3.63) is 57.8 Å². The number of rotatable bonds is 5. The lowest BCUT2D eigenvalue weighted by molar-refractivity contribution is 0.394. The minimum absolute atomic E-state index is 0.0340. The highest BCUT2D eigenvalue weighted by molar-refractivity contribution is 9.10. The highest BCUT2D eigenvalue weighted by Crippen LogP contribution is 2.36. The van der Waals surface area contributed by atoms with Crippen LogP contribution in [-0.4, -0.2) is 23.7 Å². The topological polar surface area (TPSA) is 50.3 Å². The Morgan fingerprint density at radius 1 is 1.27 bits per heavy atom.